The van der Waals surface area contributed by atoms with Crippen molar-refractivity contribution in [2.24, 2.45) is 0 Å². The Labute approximate surface area is 150 Å². The third-order valence-corrected chi connectivity index (χ3v) is 3.61. The van der Waals surface area contributed by atoms with Gasteiger partial charge in [0.05, 0.1) is 9.95 Å². The summed E-state index contributed by atoms with van der Waals surface area (Å²) in [6.07, 6.45) is 0. The van der Waals surface area contributed by atoms with Gasteiger partial charge >= 0.3 is 5.69 Å². The zero-order valence-corrected chi connectivity index (χ0v) is 13.7. The zero-order valence-electron chi connectivity index (χ0n) is 13.0. The molecule has 1 amide bonds. The highest BCUT2D eigenvalue weighted by atomic mass is 35.5. The van der Waals surface area contributed by atoms with Gasteiger partial charge in [0.25, 0.3) is 0 Å². The first-order valence-corrected chi connectivity index (χ1v) is 7.58. The number of carbonyl (C=O) groups excluding carboxylic acids is 1. The second-order valence-corrected chi connectivity index (χ2v) is 5.50. The lowest BCUT2D eigenvalue weighted by atomic mass is 10.2. The number of tetrazole rings is 1. The average Bonchev–Trinajstić information content (AvgIpc) is 3.04. The third-order valence-electron chi connectivity index (χ3n) is 3.28. The molecule has 0 saturated heterocycles. The molecular formula is C15H10ClFN6O3. The fourth-order valence-corrected chi connectivity index (χ4v) is 2.34. The number of amides is 1. The first-order valence-electron chi connectivity index (χ1n) is 7.20. The van der Waals surface area contributed by atoms with Crippen molar-refractivity contribution in [2.75, 3.05) is 5.32 Å². The van der Waals surface area contributed by atoms with E-state index in [9.17, 15) is 19.3 Å². The number of aromatic nitrogens is 4. The van der Waals surface area contributed by atoms with E-state index in [0.29, 0.717) is 10.6 Å². The van der Waals surface area contributed by atoms with Crippen molar-refractivity contribution in [3.63, 3.8) is 0 Å². The SMILES string of the molecule is O=C(Cn1nnc(-c2ccccc2Cl)n1)Nc1ccc(F)c([N+](=O)[O-])c1. The summed E-state index contributed by atoms with van der Waals surface area (Å²) in [5, 5.41) is 25.2. The largest absolute Gasteiger partial charge is 0.324 e. The van der Waals surface area contributed by atoms with Gasteiger partial charge in [-0.3, -0.25) is 14.9 Å². The predicted molar refractivity (Wildman–Crippen MR) is 89.9 cm³/mol. The van der Waals surface area contributed by atoms with Gasteiger partial charge in [0, 0.05) is 17.3 Å². The molecule has 3 aromatic rings. The molecule has 0 aliphatic carbocycles. The Morgan fingerprint density at radius 2 is 2.08 bits per heavy atom. The molecule has 0 atom stereocenters. The molecule has 26 heavy (non-hydrogen) atoms. The van der Waals surface area contributed by atoms with Crippen LogP contribution in [0.2, 0.25) is 5.02 Å². The fraction of sp³-hybridized carbons (Fsp3) is 0.0667. The highest BCUT2D eigenvalue weighted by Gasteiger charge is 2.16. The van der Waals surface area contributed by atoms with Crippen molar-refractivity contribution in [3.8, 4) is 11.4 Å². The molecule has 0 aliphatic rings. The number of nitrogens with one attached hydrogen (secondary N) is 1. The van der Waals surface area contributed by atoms with E-state index in [1.165, 1.54) is 6.07 Å². The molecule has 0 unspecified atom stereocenters. The van der Waals surface area contributed by atoms with Crippen LogP contribution in [-0.4, -0.2) is 31.0 Å². The number of halogens is 2. The van der Waals surface area contributed by atoms with Gasteiger partial charge in [0.1, 0.15) is 6.54 Å². The van der Waals surface area contributed by atoms with Gasteiger partial charge in [-0.1, -0.05) is 23.7 Å². The summed E-state index contributed by atoms with van der Waals surface area (Å²) in [6.45, 7) is -0.289. The van der Waals surface area contributed by atoms with Crippen molar-refractivity contribution < 1.29 is 14.1 Å². The maximum absolute atomic E-state index is 13.3. The quantitative estimate of drug-likeness (QED) is 0.540. The number of benzene rings is 2. The minimum Gasteiger partial charge on any atom is -0.324 e. The summed E-state index contributed by atoms with van der Waals surface area (Å²) in [5.41, 5.74) is -0.0905. The Bertz CT molecular complexity index is 993. The van der Waals surface area contributed by atoms with Crippen LogP contribution in [-0.2, 0) is 11.3 Å². The van der Waals surface area contributed by atoms with E-state index in [2.05, 4.69) is 20.7 Å². The van der Waals surface area contributed by atoms with Crippen LogP contribution in [0, 0.1) is 15.9 Å². The van der Waals surface area contributed by atoms with Gasteiger partial charge in [0.15, 0.2) is 0 Å². The Balaban J connectivity index is 1.71. The van der Waals surface area contributed by atoms with Crippen molar-refractivity contribution in [2.45, 2.75) is 6.54 Å². The number of nitrogens with zero attached hydrogens (tertiary/aromatic N) is 5. The number of nitro benzene ring substituents is 1. The first-order chi connectivity index (χ1) is 12.4. The molecule has 0 fully saturated rings. The molecule has 1 heterocycles. The molecule has 132 valence electrons. The molecule has 0 radical (unpaired) electrons. The molecule has 0 aliphatic heterocycles. The minimum atomic E-state index is -0.990. The summed E-state index contributed by atoms with van der Waals surface area (Å²) < 4.78 is 13.3. The first kappa shape index (κ1) is 17.4. The Morgan fingerprint density at radius 1 is 1.31 bits per heavy atom. The van der Waals surface area contributed by atoms with Gasteiger partial charge in [-0.2, -0.15) is 9.19 Å². The second-order valence-electron chi connectivity index (χ2n) is 5.09. The normalized spacial score (nSPS) is 10.5. The smallest absolute Gasteiger partial charge is 0.306 e. The summed E-state index contributed by atoms with van der Waals surface area (Å²) >= 11 is 6.05. The lowest BCUT2D eigenvalue weighted by Gasteiger charge is -2.04. The van der Waals surface area contributed by atoms with Crippen molar-refractivity contribution in [1.82, 2.24) is 20.2 Å². The number of hydrogen-bond acceptors (Lipinski definition) is 6. The predicted octanol–water partition coefficient (Wildman–Crippen LogP) is 2.68. The monoisotopic (exact) mass is 376 g/mol. The summed E-state index contributed by atoms with van der Waals surface area (Å²) in [4.78, 5) is 22.9. The van der Waals surface area contributed by atoms with Gasteiger partial charge < -0.3 is 5.32 Å². The number of rotatable bonds is 5. The lowest BCUT2D eigenvalue weighted by molar-refractivity contribution is -0.387. The Kier molecular flexibility index (Phi) is 4.85. The Hall–Kier alpha value is -3.40. The van der Waals surface area contributed by atoms with E-state index in [1.54, 1.807) is 24.3 Å². The number of anilines is 1. The molecular weight excluding hydrogens is 367 g/mol. The van der Waals surface area contributed by atoms with Crippen LogP contribution in [0.15, 0.2) is 42.5 Å². The maximum atomic E-state index is 13.3. The molecule has 9 nitrogen and oxygen atoms in total. The third kappa shape index (κ3) is 3.81. The van der Waals surface area contributed by atoms with Gasteiger partial charge in [-0.15, -0.1) is 10.2 Å². The maximum Gasteiger partial charge on any atom is 0.306 e. The highest BCUT2D eigenvalue weighted by molar-refractivity contribution is 6.33. The number of carbonyl (C=O) groups is 1. The van der Waals surface area contributed by atoms with Crippen molar-refractivity contribution in [1.29, 1.82) is 0 Å². The van der Waals surface area contributed by atoms with Crippen LogP contribution >= 0.6 is 11.6 Å². The molecule has 1 N–H and O–H groups in total. The number of hydrogen-bond donors (Lipinski definition) is 1. The molecule has 0 bridgehead atoms. The van der Waals surface area contributed by atoms with Crippen LogP contribution < -0.4 is 5.32 Å². The fourth-order valence-electron chi connectivity index (χ4n) is 2.12. The standard InChI is InChI=1S/C15H10ClFN6O3/c16-11-4-2-1-3-10(11)15-19-21-22(20-15)8-14(24)18-9-5-6-12(17)13(7-9)23(25)26/h1-7H,8H2,(H,18,24). The molecule has 0 saturated carbocycles. The van der Waals surface area contributed by atoms with Crippen LogP contribution in [0.5, 0.6) is 0 Å². The lowest BCUT2D eigenvalue weighted by Crippen LogP contribution is -2.20. The second kappa shape index (κ2) is 7.23. The van der Waals surface area contributed by atoms with E-state index >= 15 is 0 Å². The van der Waals surface area contributed by atoms with Crippen LogP contribution in [0.3, 0.4) is 0 Å². The van der Waals surface area contributed by atoms with Crippen LogP contribution in [0.1, 0.15) is 0 Å². The minimum absolute atomic E-state index is 0.0783. The summed E-state index contributed by atoms with van der Waals surface area (Å²) in [5.74, 6) is -1.30. The molecule has 2 aromatic carbocycles. The topological polar surface area (TPSA) is 116 Å². The summed E-state index contributed by atoms with van der Waals surface area (Å²) in [7, 11) is 0. The van der Waals surface area contributed by atoms with E-state index < -0.39 is 22.3 Å². The van der Waals surface area contributed by atoms with E-state index in [4.69, 9.17) is 11.6 Å². The van der Waals surface area contributed by atoms with Gasteiger partial charge in [0.2, 0.25) is 17.5 Å². The average molecular weight is 377 g/mol. The molecule has 3 rings (SSSR count). The van der Waals surface area contributed by atoms with Crippen LogP contribution in [0.4, 0.5) is 15.8 Å². The van der Waals surface area contributed by atoms with E-state index in [-0.39, 0.29) is 18.1 Å². The summed E-state index contributed by atoms with van der Waals surface area (Å²) in [6, 6.07) is 9.94. The Morgan fingerprint density at radius 3 is 2.81 bits per heavy atom. The highest BCUT2D eigenvalue weighted by Crippen LogP contribution is 2.24. The van der Waals surface area contributed by atoms with Gasteiger partial charge in [-0.05, 0) is 29.5 Å². The van der Waals surface area contributed by atoms with Crippen molar-refractivity contribution in [3.05, 3.63) is 63.4 Å². The zero-order chi connectivity index (χ0) is 18.7. The number of nitro groups is 1. The molecule has 0 spiro atoms. The van der Waals surface area contributed by atoms with Gasteiger partial charge in [-0.25, -0.2) is 0 Å². The van der Waals surface area contributed by atoms with Crippen LogP contribution in [0.25, 0.3) is 11.4 Å². The van der Waals surface area contributed by atoms with E-state index in [0.717, 1.165) is 16.9 Å². The molecule has 11 heteroatoms. The molecule has 1 aromatic heterocycles. The van der Waals surface area contributed by atoms with Crippen molar-refractivity contribution >= 4 is 28.9 Å². The van der Waals surface area contributed by atoms with E-state index in [1.807, 2.05) is 0 Å².